The zero-order valence-electron chi connectivity index (χ0n) is 10.1. The number of hydrogen-bond acceptors (Lipinski definition) is 2. The average molecular weight is 232 g/mol. The standard InChI is InChI=1S/C13H16N2O2/c1-14(2)13(17)8-15-6-5-11-4-3-10(9-16)7-12(11)15/h3-7,16H,8-9H2,1-2H3. The summed E-state index contributed by atoms with van der Waals surface area (Å²) in [5, 5.41) is 10.2. The lowest BCUT2D eigenvalue weighted by Crippen LogP contribution is -2.25. The minimum Gasteiger partial charge on any atom is -0.392 e. The summed E-state index contributed by atoms with van der Waals surface area (Å²) in [7, 11) is 3.49. The number of hydrogen-bond donors (Lipinski definition) is 1. The summed E-state index contributed by atoms with van der Waals surface area (Å²) in [5.41, 5.74) is 1.83. The van der Waals surface area contributed by atoms with Crippen LogP contribution in [0.15, 0.2) is 30.5 Å². The summed E-state index contributed by atoms with van der Waals surface area (Å²) >= 11 is 0. The Bertz CT molecular complexity index is 543. The first-order valence-corrected chi connectivity index (χ1v) is 5.50. The molecule has 1 N–H and O–H groups in total. The van der Waals surface area contributed by atoms with E-state index in [2.05, 4.69) is 0 Å². The molecule has 2 aromatic rings. The molecule has 1 amide bonds. The molecule has 0 aliphatic rings. The number of carbonyl (C=O) groups is 1. The highest BCUT2D eigenvalue weighted by Crippen LogP contribution is 2.17. The third kappa shape index (κ3) is 2.31. The maximum Gasteiger partial charge on any atom is 0.241 e. The van der Waals surface area contributed by atoms with E-state index in [1.165, 1.54) is 0 Å². The molecule has 4 nitrogen and oxygen atoms in total. The minimum absolute atomic E-state index is 0.0166. The molecule has 0 saturated heterocycles. The highest BCUT2D eigenvalue weighted by Gasteiger charge is 2.08. The third-order valence-corrected chi connectivity index (χ3v) is 2.83. The lowest BCUT2D eigenvalue weighted by Gasteiger charge is -2.11. The Labute approximate surface area is 100 Å². The molecule has 0 atom stereocenters. The number of likely N-dealkylation sites (N-methyl/N-ethyl adjacent to an activating group) is 1. The van der Waals surface area contributed by atoms with Crippen LogP contribution >= 0.6 is 0 Å². The van der Waals surface area contributed by atoms with Crippen molar-refractivity contribution in [3.05, 3.63) is 36.0 Å². The topological polar surface area (TPSA) is 45.5 Å². The van der Waals surface area contributed by atoms with Crippen molar-refractivity contribution in [3.63, 3.8) is 0 Å². The van der Waals surface area contributed by atoms with Gasteiger partial charge in [-0.1, -0.05) is 12.1 Å². The smallest absolute Gasteiger partial charge is 0.241 e. The van der Waals surface area contributed by atoms with Crippen LogP contribution in [0.25, 0.3) is 10.9 Å². The van der Waals surface area contributed by atoms with Gasteiger partial charge in [0.25, 0.3) is 0 Å². The zero-order valence-corrected chi connectivity index (χ0v) is 10.1. The first kappa shape index (κ1) is 11.7. The summed E-state index contributed by atoms with van der Waals surface area (Å²) in [6, 6.07) is 7.73. The first-order chi connectivity index (χ1) is 8.11. The molecule has 0 spiro atoms. The van der Waals surface area contributed by atoms with E-state index in [-0.39, 0.29) is 12.5 Å². The molecule has 4 heteroatoms. The molecule has 1 aromatic heterocycles. The fourth-order valence-corrected chi connectivity index (χ4v) is 1.75. The molecule has 0 aliphatic carbocycles. The average Bonchev–Trinajstić information content (AvgIpc) is 2.71. The van der Waals surface area contributed by atoms with Crippen molar-refractivity contribution in [3.8, 4) is 0 Å². The Kier molecular flexibility index (Phi) is 3.15. The fourth-order valence-electron chi connectivity index (χ4n) is 1.75. The zero-order chi connectivity index (χ0) is 12.4. The van der Waals surface area contributed by atoms with Crippen molar-refractivity contribution in [2.45, 2.75) is 13.2 Å². The highest BCUT2D eigenvalue weighted by atomic mass is 16.3. The van der Waals surface area contributed by atoms with E-state index >= 15 is 0 Å². The van der Waals surface area contributed by atoms with E-state index in [0.29, 0.717) is 6.54 Å². The second-order valence-corrected chi connectivity index (χ2v) is 4.28. The SMILES string of the molecule is CN(C)C(=O)Cn1ccc2ccc(CO)cc21. The number of benzene rings is 1. The van der Waals surface area contributed by atoms with Gasteiger partial charge in [0.05, 0.1) is 6.61 Å². The van der Waals surface area contributed by atoms with Gasteiger partial charge in [-0.05, 0) is 23.1 Å². The number of aromatic nitrogens is 1. The highest BCUT2D eigenvalue weighted by molar-refractivity contribution is 5.83. The molecule has 90 valence electrons. The Morgan fingerprint density at radius 1 is 1.35 bits per heavy atom. The van der Waals surface area contributed by atoms with Crippen LogP contribution in [0.3, 0.4) is 0 Å². The summed E-state index contributed by atoms with van der Waals surface area (Å²) in [5.74, 6) is 0.0527. The lowest BCUT2D eigenvalue weighted by atomic mass is 10.2. The fraction of sp³-hybridized carbons (Fsp3) is 0.308. The van der Waals surface area contributed by atoms with E-state index in [1.807, 2.05) is 35.0 Å². The summed E-state index contributed by atoms with van der Waals surface area (Å²) in [6.07, 6.45) is 1.90. The number of rotatable bonds is 3. The van der Waals surface area contributed by atoms with Gasteiger partial charge in [-0.3, -0.25) is 4.79 Å². The number of aliphatic hydroxyl groups excluding tert-OH is 1. The molecule has 1 heterocycles. The van der Waals surface area contributed by atoms with Crippen LogP contribution in [0.4, 0.5) is 0 Å². The summed E-state index contributed by atoms with van der Waals surface area (Å²) in [6.45, 7) is 0.341. The molecule has 17 heavy (non-hydrogen) atoms. The van der Waals surface area contributed by atoms with Crippen LogP contribution in [-0.4, -0.2) is 34.6 Å². The van der Waals surface area contributed by atoms with Gasteiger partial charge in [0.1, 0.15) is 6.54 Å². The maximum absolute atomic E-state index is 11.7. The molecule has 0 fully saturated rings. The molecule has 0 bridgehead atoms. The van der Waals surface area contributed by atoms with Crippen molar-refractivity contribution in [1.29, 1.82) is 0 Å². The Balaban J connectivity index is 2.37. The van der Waals surface area contributed by atoms with Crippen LogP contribution in [-0.2, 0) is 17.9 Å². The second kappa shape index (κ2) is 4.59. The quantitative estimate of drug-likeness (QED) is 0.865. The monoisotopic (exact) mass is 232 g/mol. The van der Waals surface area contributed by atoms with E-state index in [0.717, 1.165) is 16.5 Å². The van der Waals surface area contributed by atoms with Crippen LogP contribution < -0.4 is 0 Å². The van der Waals surface area contributed by atoms with E-state index in [1.54, 1.807) is 19.0 Å². The third-order valence-electron chi connectivity index (χ3n) is 2.83. The Morgan fingerprint density at radius 2 is 2.12 bits per heavy atom. The molecule has 0 unspecified atom stereocenters. The predicted molar refractivity (Wildman–Crippen MR) is 66.6 cm³/mol. The molecule has 1 aromatic carbocycles. The van der Waals surface area contributed by atoms with Crippen LogP contribution in [0.5, 0.6) is 0 Å². The van der Waals surface area contributed by atoms with Gasteiger partial charge in [0.15, 0.2) is 0 Å². The number of amides is 1. The lowest BCUT2D eigenvalue weighted by molar-refractivity contribution is -0.129. The van der Waals surface area contributed by atoms with Crippen LogP contribution in [0, 0.1) is 0 Å². The van der Waals surface area contributed by atoms with Gasteiger partial charge in [-0.25, -0.2) is 0 Å². The van der Waals surface area contributed by atoms with Crippen molar-refractivity contribution in [1.82, 2.24) is 9.47 Å². The number of carbonyl (C=O) groups excluding carboxylic acids is 1. The normalized spacial score (nSPS) is 10.8. The van der Waals surface area contributed by atoms with Crippen molar-refractivity contribution in [2.24, 2.45) is 0 Å². The maximum atomic E-state index is 11.7. The molecule has 0 saturated carbocycles. The van der Waals surface area contributed by atoms with Crippen molar-refractivity contribution < 1.29 is 9.90 Å². The van der Waals surface area contributed by atoms with E-state index in [9.17, 15) is 4.79 Å². The van der Waals surface area contributed by atoms with Crippen molar-refractivity contribution >= 4 is 16.8 Å². The van der Waals surface area contributed by atoms with Gasteiger partial charge < -0.3 is 14.6 Å². The number of nitrogens with zero attached hydrogens (tertiary/aromatic N) is 2. The largest absolute Gasteiger partial charge is 0.392 e. The number of fused-ring (bicyclic) bond motifs is 1. The van der Waals surface area contributed by atoms with Gasteiger partial charge in [0.2, 0.25) is 5.91 Å². The van der Waals surface area contributed by atoms with Gasteiger partial charge in [-0.15, -0.1) is 0 Å². The van der Waals surface area contributed by atoms with Crippen LogP contribution in [0.2, 0.25) is 0 Å². The molecule has 0 aliphatic heterocycles. The summed E-state index contributed by atoms with van der Waals surface area (Å²) < 4.78 is 1.90. The minimum atomic E-state index is 0.0166. The predicted octanol–water partition coefficient (Wildman–Crippen LogP) is 1.22. The first-order valence-electron chi connectivity index (χ1n) is 5.50. The molecular formula is C13H16N2O2. The molecule has 0 radical (unpaired) electrons. The second-order valence-electron chi connectivity index (χ2n) is 4.28. The molecule has 2 rings (SSSR count). The Hall–Kier alpha value is -1.81. The summed E-state index contributed by atoms with van der Waals surface area (Å²) in [4.78, 5) is 13.2. The van der Waals surface area contributed by atoms with Crippen LogP contribution in [0.1, 0.15) is 5.56 Å². The van der Waals surface area contributed by atoms with E-state index < -0.39 is 0 Å². The van der Waals surface area contributed by atoms with Gasteiger partial charge in [-0.2, -0.15) is 0 Å². The van der Waals surface area contributed by atoms with Gasteiger partial charge >= 0.3 is 0 Å². The van der Waals surface area contributed by atoms with Gasteiger partial charge in [0, 0.05) is 25.8 Å². The molecular weight excluding hydrogens is 216 g/mol. The van der Waals surface area contributed by atoms with Crippen molar-refractivity contribution in [2.75, 3.05) is 14.1 Å². The number of aliphatic hydroxyl groups is 1. The van der Waals surface area contributed by atoms with E-state index in [4.69, 9.17) is 5.11 Å². The Morgan fingerprint density at radius 3 is 2.76 bits per heavy atom.